The van der Waals surface area contributed by atoms with E-state index in [4.69, 9.17) is 0 Å². The lowest BCUT2D eigenvalue weighted by Crippen LogP contribution is -2.27. The summed E-state index contributed by atoms with van der Waals surface area (Å²) in [5.41, 5.74) is 0.380. The highest BCUT2D eigenvalue weighted by Gasteiger charge is 2.10. The van der Waals surface area contributed by atoms with Crippen LogP contribution < -0.4 is 10.9 Å². The van der Waals surface area contributed by atoms with E-state index in [1.54, 1.807) is 30.3 Å². The van der Waals surface area contributed by atoms with E-state index >= 15 is 0 Å². The predicted molar refractivity (Wildman–Crippen MR) is 84.8 cm³/mol. The van der Waals surface area contributed by atoms with Gasteiger partial charge in [-0.05, 0) is 24.3 Å². The average Bonchev–Trinajstić information content (AvgIpc) is 2.55. The Morgan fingerprint density at radius 3 is 2.70 bits per heavy atom. The first-order valence-corrected chi connectivity index (χ1v) is 7.16. The van der Waals surface area contributed by atoms with E-state index in [9.17, 15) is 14.0 Å². The van der Waals surface area contributed by atoms with Crippen molar-refractivity contribution < 1.29 is 9.18 Å². The number of benzene rings is 2. The molecule has 0 bridgehead atoms. The fraction of sp³-hybridized carbons (Fsp3) is 0.118. The van der Waals surface area contributed by atoms with Crippen molar-refractivity contribution in [1.29, 1.82) is 0 Å². The molecule has 2 aromatic carbocycles. The Balaban J connectivity index is 1.68. The Morgan fingerprint density at radius 2 is 1.87 bits per heavy atom. The van der Waals surface area contributed by atoms with E-state index in [1.165, 1.54) is 18.2 Å². The SMILES string of the molecule is O=C(NCCc1nc2ccccc2c(=O)[nH]1)c1ccccc1F. The first kappa shape index (κ1) is 14.9. The third-order valence-corrected chi connectivity index (χ3v) is 3.43. The van der Waals surface area contributed by atoms with E-state index in [-0.39, 0.29) is 17.7 Å². The second kappa shape index (κ2) is 6.39. The fourth-order valence-electron chi connectivity index (χ4n) is 2.29. The van der Waals surface area contributed by atoms with Crippen LogP contribution in [0.3, 0.4) is 0 Å². The van der Waals surface area contributed by atoms with Crippen molar-refractivity contribution in [2.24, 2.45) is 0 Å². The van der Waals surface area contributed by atoms with Crippen molar-refractivity contribution in [3.05, 3.63) is 76.1 Å². The van der Waals surface area contributed by atoms with E-state index in [1.807, 2.05) is 0 Å². The van der Waals surface area contributed by atoms with Crippen LogP contribution in [0.15, 0.2) is 53.3 Å². The Bertz CT molecular complexity index is 921. The number of para-hydroxylation sites is 1. The van der Waals surface area contributed by atoms with Gasteiger partial charge in [0.15, 0.2) is 0 Å². The smallest absolute Gasteiger partial charge is 0.258 e. The second-order valence-electron chi connectivity index (χ2n) is 5.02. The zero-order valence-electron chi connectivity index (χ0n) is 12.2. The lowest BCUT2D eigenvalue weighted by atomic mass is 10.2. The highest BCUT2D eigenvalue weighted by Crippen LogP contribution is 2.07. The third-order valence-electron chi connectivity index (χ3n) is 3.43. The number of nitrogens with zero attached hydrogens (tertiary/aromatic N) is 1. The molecule has 0 saturated heterocycles. The normalized spacial score (nSPS) is 10.7. The van der Waals surface area contributed by atoms with Crippen LogP contribution >= 0.6 is 0 Å². The summed E-state index contributed by atoms with van der Waals surface area (Å²) < 4.78 is 13.5. The Labute approximate surface area is 131 Å². The fourth-order valence-corrected chi connectivity index (χ4v) is 2.29. The summed E-state index contributed by atoms with van der Waals surface area (Å²) in [7, 11) is 0. The minimum atomic E-state index is -0.567. The number of aromatic nitrogens is 2. The van der Waals surface area contributed by atoms with E-state index in [2.05, 4.69) is 15.3 Å². The summed E-state index contributed by atoms with van der Waals surface area (Å²) in [6.07, 6.45) is 0.347. The highest BCUT2D eigenvalue weighted by molar-refractivity contribution is 5.94. The van der Waals surface area contributed by atoms with E-state index < -0.39 is 11.7 Å². The molecular formula is C17H14FN3O2. The van der Waals surface area contributed by atoms with E-state index in [0.717, 1.165) is 0 Å². The molecule has 1 heterocycles. The van der Waals surface area contributed by atoms with Crippen LogP contribution in [0.1, 0.15) is 16.2 Å². The summed E-state index contributed by atoms with van der Waals surface area (Å²) in [6, 6.07) is 12.8. The molecule has 0 spiro atoms. The monoisotopic (exact) mass is 311 g/mol. The van der Waals surface area contributed by atoms with Gasteiger partial charge in [0.05, 0.1) is 16.5 Å². The zero-order chi connectivity index (χ0) is 16.2. The van der Waals surface area contributed by atoms with Crippen molar-refractivity contribution in [2.45, 2.75) is 6.42 Å². The summed E-state index contributed by atoms with van der Waals surface area (Å²) in [5.74, 6) is -0.587. The van der Waals surface area contributed by atoms with Crippen LogP contribution in [-0.2, 0) is 6.42 Å². The Morgan fingerprint density at radius 1 is 1.13 bits per heavy atom. The molecule has 2 N–H and O–H groups in total. The van der Waals surface area contributed by atoms with Gasteiger partial charge in [-0.25, -0.2) is 9.37 Å². The molecule has 0 atom stereocenters. The molecule has 6 heteroatoms. The molecule has 0 unspecified atom stereocenters. The molecule has 0 radical (unpaired) electrons. The van der Waals surface area contributed by atoms with Gasteiger partial charge in [-0.2, -0.15) is 0 Å². The number of hydrogen-bond acceptors (Lipinski definition) is 3. The van der Waals surface area contributed by atoms with Gasteiger partial charge in [0.25, 0.3) is 11.5 Å². The molecule has 0 aliphatic carbocycles. The molecule has 0 aliphatic rings. The first-order valence-electron chi connectivity index (χ1n) is 7.16. The van der Waals surface area contributed by atoms with Gasteiger partial charge in [-0.3, -0.25) is 9.59 Å². The molecule has 116 valence electrons. The average molecular weight is 311 g/mol. The summed E-state index contributed by atoms with van der Waals surface area (Å²) >= 11 is 0. The lowest BCUT2D eigenvalue weighted by molar-refractivity contribution is 0.0950. The molecule has 0 aliphatic heterocycles. The molecule has 3 rings (SSSR count). The van der Waals surface area contributed by atoms with Crippen LogP contribution in [0.4, 0.5) is 4.39 Å². The number of halogens is 1. The first-order chi connectivity index (χ1) is 11.1. The van der Waals surface area contributed by atoms with Crippen LogP contribution in [0.2, 0.25) is 0 Å². The molecule has 1 amide bonds. The molecule has 0 fully saturated rings. The molecule has 5 nitrogen and oxygen atoms in total. The standard InChI is InChI=1S/C17H14FN3O2/c18-13-7-3-1-5-11(13)16(22)19-10-9-15-20-14-8-4-2-6-12(14)17(23)21-15/h1-8H,9-10H2,(H,19,22)(H,20,21,23). The van der Waals surface area contributed by atoms with Crippen molar-refractivity contribution in [2.75, 3.05) is 6.54 Å². The Hall–Kier alpha value is -3.02. The van der Waals surface area contributed by atoms with E-state index in [0.29, 0.717) is 23.1 Å². The molecule has 0 saturated carbocycles. The minimum Gasteiger partial charge on any atom is -0.351 e. The molecular weight excluding hydrogens is 297 g/mol. The molecule has 3 aromatic rings. The second-order valence-corrected chi connectivity index (χ2v) is 5.02. The molecule has 23 heavy (non-hydrogen) atoms. The van der Waals surface area contributed by atoms with Gasteiger partial charge < -0.3 is 10.3 Å². The zero-order valence-corrected chi connectivity index (χ0v) is 12.2. The maximum absolute atomic E-state index is 13.5. The quantitative estimate of drug-likeness (QED) is 0.774. The van der Waals surface area contributed by atoms with Crippen LogP contribution in [0.25, 0.3) is 10.9 Å². The highest BCUT2D eigenvalue weighted by atomic mass is 19.1. The van der Waals surface area contributed by atoms with Crippen molar-refractivity contribution >= 4 is 16.8 Å². The van der Waals surface area contributed by atoms with Crippen molar-refractivity contribution in [3.63, 3.8) is 0 Å². The van der Waals surface area contributed by atoms with Gasteiger partial charge in [-0.15, -0.1) is 0 Å². The minimum absolute atomic E-state index is 0.00698. The number of nitrogens with one attached hydrogen (secondary N) is 2. The number of fused-ring (bicyclic) bond motifs is 1. The van der Waals surface area contributed by atoms with Gasteiger partial charge in [0.2, 0.25) is 0 Å². The van der Waals surface area contributed by atoms with Gasteiger partial charge >= 0.3 is 0 Å². The van der Waals surface area contributed by atoms with Gasteiger partial charge in [-0.1, -0.05) is 24.3 Å². The summed E-state index contributed by atoms with van der Waals surface area (Å²) in [5, 5.41) is 3.13. The number of rotatable bonds is 4. The Kier molecular flexibility index (Phi) is 4.14. The number of amides is 1. The predicted octanol–water partition coefficient (Wildman–Crippen LogP) is 2.03. The van der Waals surface area contributed by atoms with Gasteiger partial charge in [0.1, 0.15) is 11.6 Å². The van der Waals surface area contributed by atoms with Crippen molar-refractivity contribution in [1.82, 2.24) is 15.3 Å². The van der Waals surface area contributed by atoms with Crippen LogP contribution in [-0.4, -0.2) is 22.4 Å². The lowest BCUT2D eigenvalue weighted by Gasteiger charge is -2.06. The maximum atomic E-state index is 13.5. The van der Waals surface area contributed by atoms with Crippen molar-refractivity contribution in [3.8, 4) is 0 Å². The largest absolute Gasteiger partial charge is 0.351 e. The number of H-pyrrole nitrogens is 1. The van der Waals surface area contributed by atoms with Crippen LogP contribution in [0.5, 0.6) is 0 Å². The number of hydrogen-bond donors (Lipinski definition) is 2. The van der Waals surface area contributed by atoms with Gasteiger partial charge in [0, 0.05) is 13.0 Å². The maximum Gasteiger partial charge on any atom is 0.258 e. The topological polar surface area (TPSA) is 74.8 Å². The third kappa shape index (κ3) is 3.26. The summed E-state index contributed by atoms with van der Waals surface area (Å²) in [6.45, 7) is 0.244. The number of carbonyl (C=O) groups is 1. The molecule has 1 aromatic heterocycles. The number of aromatic amines is 1. The summed E-state index contributed by atoms with van der Waals surface area (Å²) in [4.78, 5) is 30.8. The number of carbonyl (C=O) groups excluding carboxylic acids is 1. The van der Waals surface area contributed by atoms with Crippen LogP contribution in [0, 0.1) is 5.82 Å².